The van der Waals surface area contributed by atoms with Crippen LogP contribution < -0.4 is 0 Å². The molecule has 0 spiro atoms. The highest BCUT2D eigenvalue weighted by atomic mass is 16.5. The van der Waals surface area contributed by atoms with Crippen molar-refractivity contribution in [1.82, 2.24) is 0 Å². The Balaban J connectivity index is 2.00. The van der Waals surface area contributed by atoms with Gasteiger partial charge in [0.2, 0.25) is 0 Å². The van der Waals surface area contributed by atoms with Crippen LogP contribution in [0.1, 0.15) is 73.1 Å². The maximum Gasteiger partial charge on any atom is 0.195 e. The van der Waals surface area contributed by atoms with Crippen molar-refractivity contribution < 1.29 is 15.3 Å². The minimum Gasteiger partial charge on any atom is -0.387 e. The summed E-state index contributed by atoms with van der Waals surface area (Å²) in [5.41, 5.74) is -0.267. The number of aliphatic hydroxyl groups excluding tert-OH is 1. The molecule has 3 saturated carbocycles. The minimum atomic E-state index is -1.96. The van der Waals surface area contributed by atoms with Gasteiger partial charge in [0.15, 0.2) is 5.79 Å². The maximum absolute atomic E-state index is 10.8. The largest absolute Gasteiger partial charge is 0.387 e. The summed E-state index contributed by atoms with van der Waals surface area (Å²) in [6.07, 6.45) is 4.96. The Morgan fingerprint density at radius 1 is 0.826 bits per heavy atom. The fraction of sp³-hybridized carbons (Fsp3) is 1.00. The van der Waals surface area contributed by atoms with Gasteiger partial charge in [-0.1, -0.05) is 41.0 Å². The summed E-state index contributed by atoms with van der Waals surface area (Å²) in [6.45, 7) is 11.5. The topological polar surface area (TPSA) is 60.7 Å². The molecule has 23 heavy (non-hydrogen) atoms. The van der Waals surface area contributed by atoms with Gasteiger partial charge in [-0.05, 0) is 67.1 Å². The predicted molar refractivity (Wildman–Crippen MR) is 91.6 cm³/mol. The van der Waals surface area contributed by atoms with E-state index < -0.39 is 17.3 Å². The van der Waals surface area contributed by atoms with Crippen molar-refractivity contribution in [3.8, 4) is 0 Å². The third-order valence-electron chi connectivity index (χ3n) is 8.58. The van der Waals surface area contributed by atoms with E-state index in [-0.39, 0.29) is 5.92 Å². The molecule has 3 N–H and O–H groups in total. The zero-order valence-corrected chi connectivity index (χ0v) is 15.5. The van der Waals surface area contributed by atoms with Crippen molar-refractivity contribution in [3.05, 3.63) is 0 Å². The summed E-state index contributed by atoms with van der Waals surface area (Å²) in [4.78, 5) is 0. The van der Waals surface area contributed by atoms with Crippen LogP contribution in [0, 0.1) is 40.4 Å². The molecule has 3 rings (SSSR count). The van der Waals surface area contributed by atoms with E-state index in [2.05, 4.69) is 27.7 Å². The zero-order chi connectivity index (χ0) is 17.2. The summed E-state index contributed by atoms with van der Waals surface area (Å²) in [5.74, 6) is 0.669. The maximum atomic E-state index is 10.8. The molecular weight excluding hydrogens is 288 g/mol. The van der Waals surface area contributed by atoms with Gasteiger partial charge in [-0.25, -0.2) is 0 Å². The number of rotatable bonds is 0. The Labute approximate surface area is 141 Å². The minimum absolute atomic E-state index is 0.277. The third kappa shape index (κ3) is 2.41. The summed E-state index contributed by atoms with van der Waals surface area (Å²) in [7, 11) is 0. The molecule has 3 nitrogen and oxygen atoms in total. The molecule has 3 fully saturated rings. The van der Waals surface area contributed by atoms with Crippen LogP contribution in [0.3, 0.4) is 0 Å². The fourth-order valence-electron chi connectivity index (χ4n) is 6.74. The number of aliphatic hydroxyl groups is 3. The first-order valence-corrected chi connectivity index (χ1v) is 9.64. The van der Waals surface area contributed by atoms with Crippen molar-refractivity contribution in [2.24, 2.45) is 40.4 Å². The highest BCUT2D eigenvalue weighted by molar-refractivity contribution is 5.07. The van der Waals surface area contributed by atoms with E-state index in [1.165, 1.54) is 12.8 Å². The van der Waals surface area contributed by atoms with Gasteiger partial charge in [0.25, 0.3) is 0 Å². The highest BCUT2D eigenvalue weighted by Crippen LogP contribution is 2.61. The average molecular weight is 325 g/mol. The molecule has 1 unspecified atom stereocenters. The molecule has 0 aromatic carbocycles. The lowest BCUT2D eigenvalue weighted by Gasteiger charge is -2.60. The molecule has 0 aliphatic heterocycles. The molecule has 2 bridgehead atoms. The molecule has 3 aliphatic rings. The van der Waals surface area contributed by atoms with E-state index >= 15 is 0 Å². The number of hydrogen-bond acceptors (Lipinski definition) is 3. The molecule has 0 aromatic rings. The van der Waals surface area contributed by atoms with E-state index in [1.54, 1.807) is 0 Å². The van der Waals surface area contributed by atoms with Crippen LogP contribution in [0.25, 0.3) is 0 Å². The van der Waals surface area contributed by atoms with Crippen LogP contribution in [0.4, 0.5) is 0 Å². The summed E-state index contributed by atoms with van der Waals surface area (Å²) in [5, 5.41) is 31.9. The van der Waals surface area contributed by atoms with Gasteiger partial charge in [-0.15, -0.1) is 0 Å². The second kappa shape index (κ2) is 5.44. The SMILES string of the molecule is C[C@@H]1CC(O)C(O)(O)[C@@]2(C)CC[C@H]3[C@H](C)CC[C@@H](C[C@H]12)C3(C)C. The average Bonchev–Trinajstić information content (AvgIpc) is 2.43. The Morgan fingerprint density at radius 2 is 1.48 bits per heavy atom. The van der Waals surface area contributed by atoms with E-state index in [4.69, 9.17) is 0 Å². The van der Waals surface area contributed by atoms with Crippen molar-refractivity contribution >= 4 is 0 Å². The van der Waals surface area contributed by atoms with E-state index in [0.717, 1.165) is 19.3 Å². The van der Waals surface area contributed by atoms with E-state index in [1.807, 2.05) is 6.92 Å². The van der Waals surface area contributed by atoms with Gasteiger partial charge >= 0.3 is 0 Å². The summed E-state index contributed by atoms with van der Waals surface area (Å²) in [6, 6.07) is 0. The predicted octanol–water partition coefficient (Wildman–Crippen LogP) is 3.56. The molecule has 3 aliphatic carbocycles. The van der Waals surface area contributed by atoms with Gasteiger partial charge in [-0.2, -0.15) is 0 Å². The summed E-state index contributed by atoms with van der Waals surface area (Å²) >= 11 is 0. The number of hydrogen-bond donors (Lipinski definition) is 3. The molecule has 0 heterocycles. The summed E-state index contributed by atoms with van der Waals surface area (Å²) < 4.78 is 0. The smallest absolute Gasteiger partial charge is 0.195 e. The lowest BCUT2D eigenvalue weighted by Crippen LogP contribution is -2.64. The van der Waals surface area contributed by atoms with Gasteiger partial charge < -0.3 is 15.3 Å². The van der Waals surface area contributed by atoms with Gasteiger partial charge in [0.1, 0.15) is 6.10 Å². The first-order valence-electron chi connectivity index (χ1n) is 9.64. The molecular formula is C20H36O3. The van der Waals surface area contributed by atoms with Crippen LogP contribution in [0.15, 0.2) is 0 Å². The molecule has 7 atom stereocenters. The second-order valence-electron chi connectivity index (χ2n) is 9.93. The quantitative estimate of drug-likeness (QED) is 0.597. The molecule has 0 radical (unpaired) electrons. The van der Waals surface area contributed by atoms with Crippen LogP contribution in [0.2, 0.25) is 0 Å². The van der Waals surface area contributed by atoms with Crippen molar-refractivity contribution in [2.75, 3.05) is 0 Å². The van der Waals surface area contributed by atoms with Gasteiger partial charge in [0.05, 0.1) is 0 Å². The van der Waals surface area contributed by atoms with Crippen LogP contribution >= 0.6 is 0 Å². The Kier molecular flexibility index (Phi) is 4.18. The number of fused-ring (bicyclic) bond motifs is 3. The molecule has 0 aromatic heterocycles. The van der Waals surface area contributed by atoms with Crippen LogP contribution in [0.5, 0.6) is 0 Å². The first-order chi connectivity index (χ1) is 10.5. The van der Waals surface area contributed by atoms with Crippen LogP contribution in [-0.4, -0.2) is 27.2 Å². The third-order valence-corrected chi connectivity index (χ3v) is 8.58. The van der Waals surface area contributed by atoms with Gasteiger partial charge in [-0.3, -0.25) is 0 Å². The lowest BCUT2D eigenvalue weighted by molar-refractivity contribution is -0.334. The molecule has 0 amide bonds. The van der Waals surface area contributed by atoms with Crippen molar-refractivity contribution in [2.45, 2.75) is 85.0 Å². The lowest BCUT2D eigenvalue weighted by atomic mass is 9.47. The highest BCUT2D eigenvalue weighted by Gasteiger charge is 2.62. The second-order valence-corrected chi connectivity index (χ2v) is 9.93. The van der Waals surface area contributed by atoms with Crippen molar-refractivity contribution in [3.63, 3.8) is 0 Å². The Hall–Kier alpha value is -0.120. The normalized spacial score (nSPS) is 52.2. The zero-order valence-electron chi connectivity index (χ0n) is 15.5. The van der Waals surface area contributed by atoms with Crippen molar-refractivity contribution in [1.29, 1.82) is 0 Å². The standard InChI is InChI=1S/C20H36O3/c1-12-6-7-14-11-16-13(2)10-17(21)20(22,23)19(16,5)9-8-15(12)18(14,3)4/h12-17,21-23H,6-11H2,1-5H3/t12-,13-,14+,15+,16-,17?,19+/m1/s1. The monoisotopic (exact) mass is 324 g/mol. The Morgan fingerprint density at radius 3 is 2.13 bits per heavy atom. The fourth-order valence-corrected chi connectivity index (χ4v) is 6.74. The molecule has 3 heteroatoms. The van der Waals surface area contributed by atoms with E-state index in [9.17, 15) is 15.3 Å². The van der Waals surface area contributed by atoms with Gasteiger partial charge in [0, 0.05) is 5.41 Å². The molecule has 134 valence electrons. The van der Waals surface area contributed by atoms with E-state index in [0.29, 0.717) is 35.5 Å². The Bertz CT molecular complexity index is 458. The molecule has 0 saturated heterocycles. The first kappa shape index (κ1) is 17.7. The van der Waals surface area contributed by atoms with Crippen LogP contribution in [-0.2, 0) is 0 Å².